The molecule has 1 N–H and O–H groups in total. The van der Waals surface area contributed by atoms with Gasteiger partial charge in [0, 0.05) is 38.7 Å². The topological polar surface area (TPSA) is 66.8 Å². The first-order chi connectivity index (χ1) is 10.5. The fourth-order valence-electron chi connectivity index (χ4n) is 2.77. The summed E-state index contributed by atoms with van der Waals surface area (Å²) in [6.45, 7) is 4.11. The molecule has 6 nitrogen and oxygen atoms in total. The lowest BCUT2D eigenvalue weighted by molar-refractivity contribution is 0.240. The molecule has 0 unspecified atom stereocenters. The summed E-state index contributed by atoms with van der Waals surface area (Å²) in [5.41, 5.74) is 3.61. The van der Waals surface area contributed by atoms with Crippen LogP contribution in [0.5, 0.6) is 0 Å². The number of H-pyrrole nitrogens is 1. The minimum absolute atomic E-state index is 0.0342. The van der Waals surface area contributed by atoms with Gasteiger partial charge in [0.2, 0.25) is 0 Å². The number of aryl methyl sites for hydroxylation is 2. The number of halogens is 1. The number of nitrogens with one attached hydrogen (secondary N) is 1. The lowest BCUT2D eigenvalue weighted by Gasteiger charge is -2.27. The fraction of sp³-hybridized carbons (Fsp3) is 0.500. The van der Waals surface area contributed by atoms with Gasteiger partial charge in [-0.2, -0.15) is 5.10 Å². The Labute approximate surface area is 137 Å². The zero-order valence-electron chi connectivity index (χ0n) is 12.8. The summed E-state index contributed by atoms with van der Waals surface area (Å²) in [5, 5.41) is 5.68. The number of hydrogen-bond acceptors (Lipinski definition) is 5. The van der Waals surface area contributed by atoms with Gasteiger partial charge in [-0.05, 0) is 13.2 Å². The lowest BCUT2D eigenvalue weighted by atomic mass is 10.1. The van der Waals surface area contributed by atoms with Crippen molar-refractivity contribution in [2.75, 3.05) is 12.8 Å². The Hall–Kier alpha value is -1.31. The summed E-state index contributed by atoms with van der Waals surface area (Å²) < 4.78 is 1.68. The first kappa shape index (κ1) is 15.6. The van der Waals surface area contributed by atoms with Gasteiger partial charge in [0.05, 0.1) is 17.0 Å². The molecule has 0 bridgehead atoms. The maximum atomic E-state index is 12.2. The summed E-state index contributed by atoms with van der Waals surface area (Å²) in [5.74, 6) is 0. The smallest absolute Gasteiger partial charge is 0.256 e. The first-order valence-corrected chi connectivity index (χ1v) is 8.66. The Kier molecular flexibility index (Phi) is 4.29. The van der Waals surface area contributed by atoms with Crippen LogP contribution in [0.15, 0.2) is 9.95 Å². The van der Waals surface area contributed by atoms with E-state index in [0.29, 0.717) is 23.4 Å². The van der Waals surface area contributed by atoms with Crippen LogP contribution in [0, 0.1) is 6.92 Å². The maximum Gasteiger partial charge on any atom is 0.256 e. The number of nitrogens with zero attached hydrogens (tertiary/aromatic N) is 4. The summed E-state index contributed by atoms with van der Waals surface area (Å²) in [6.07, 6.45) is 2.69. The molecule has 118 valence electrons. The van der Waals surface area contributed by atoms with Gasteiger partial charge in [-0.15, -0.1) is 0 Å². The van der Waals surface area contributed by atoms with Gasteiger partial charge in [0.15, 0.2) is 5.16 Å². The molecule has 3 heterocycles. The quantitative estimate of drug-likeness (QED) is 0.681. The standard InChI is InChI=1S/C14H18ClN5OS/c1-8-9(12(15)19(2)18-8)6-20-5-4-11-10(7-20)13(21)17-14(16-11)22-3/h4-7H2,1-3H3,(H,16,17,21). The van der Waals surface area contributed by atoms with Gasteiger partial charge in [0.25, 0.3) is 5.56 Å². The number of fused-ring (bicyclic) bond motifs is 1. The molecule has 0 saturated carbocycles. The van der Waals surface area contributed by atoms with Gasteiger partial charge in [-0.25, -0.2) is 4.98 Å². The van der Waals surface area contributed by atoms with Gasteiger partial charge in [-0.3, -0.25) is 14.4 Å². The number of thioether (sulfide) groups is 1. The largest absolute Gasteiger partial charge is 0.301 e. The van der Waals surface area contributed by atoms with Crippen LogP contribution < -0.4 is 5.56 Å². The lowest BCUT2D eigenvalue weighted by Crippen LogP contribution is -2.35. The zero-order valence-corrected chi connectivity index (χ0v) is 14.4. The Morgan fingerprint density at radius 3 is 2.86 bits per heavy atom. The molecule has 8 heteroatoms. The normalized spacial score (nSPS) is 15.1. The predicted molar refractivity (Wildman–Crippen MR) is 87.4 cm³/mol. The Balaban J connectivity index is 1.84. The highest BCUT2D eigenvalue weighted by molar-refractivity contribution is 7.98. The molecule has 0 atom stereocenters. The second-order valence-corrected chi connectivity index (χ2v) is 6.59. The van der Waals surface area contributed by atoms with Crippen molar-refractivity contribution < 1.29 is 0 Å². The van der Waals surface area contributed by atoms with E-state index < -0.39 is 0 Å². The van der Waals surface area contributed by atoms with Crippen LogP contribution in [0.25, 0.3) is 0 Å². The maximum absolute atomic E-state index is 12.2. The Morgan fingerprint density at radius 1 is 1.45 bits per heavy atom. The molecule has 0 fully saturated rings. The van der Waals surface area contributed by atoms with Crippen LogP contribution >= 0.6 is 23.4 Å². The summed E-state index contributed by atoms with van der Waals surface area (Å²) in [4.78, 5) is 21.8. The molecule has 0 amide bonds. The summed E-state index contributed by atoms with van der Waals surface area (Å²) >= 11 is 7.75. The van der Waals surface area contributed by atoms with Crippen molar-refractivity contribution in [3.63, 3.8) is 0 Å². The van der Waals surface area contributed by atoms with Crippen LogP contribution in [0.1, 0.15) is 22.5 Å². The van der Waals surface area contributed by atoms with Gasteiger partial charge < -0.3 is 4.98 Å². The molecule has 0 aromatic carbocycles. The summed E-state index contributed by atoms with van der Waals surface area (Å²) in [7, 11) is 1.84. The van der Waals surface area contributed by atoms with Crippen molar-refractivity contribution in [3.05, 3.63) is 38.0 Å². The van der Waals surface area contributed by atoms with Crippen molar-refractivity contribution in [2.24, 2.45) is 7.05 Å². The highest BCUT2D eigenvalue weighted by Gasteiger charge is 2.23. The number of aromatic nitrogens is 4. The van der Waals surface area contributed by atoms with Crippen LogP contribution in [0.3, 0.4) is 0 Å². The van der Waals surface area contributed by atoms with Crippen molar-refractivity contribution >= 4 is 23.4 Å². The van der Waals surface area contributed by atoms with Crippen molar-refractivity contribution in [3.8, 4) is 0 Å². The second-order valence-electron chi connectivity index (χ2n) is 5.44. The third-order valence-corrected chi connectivity index (χ3v) is 5.02. The van der Waals surface area contributed by atoms with Gasteiger partial charge in [-0.1, -0.05) is 23.4 Å². The molecule has 3 rings (SSSR count). The molecule has 22 heavy (non-hydrogen) atoms. The molecule has 1 aliphatic rings. The first-order valence-electron chi connectivity index (χ1n) is 7.06. The van der Waals surface area contributed by atoms with Crippen LogP contribution in [0.4, 0.5) is 0 Å². The number of hydrogen-bond donors (Lipinski definition) is 1. The summed E-state index contributed by atoms with van der Waals surface area (Å²) in [6, 6.07) is 0. The average Bonchev–Trinajstić information content (AvgIpc) is 2.74. The highest BCUT2D eigenvalue weighted by atomic mass is 35.5. The molecule has 0 aliphatic carbocycles. The van der Waals surface area contributed by atoms with E-state index in [1.165, 1.54) is 11.8 Å². The van der Waals surface area contributed by atoms with Gasteiger partial charge >= 0.3 is 0 Å². The third kappa shape index (κ3) is 2.80. The molecular formula is C14H18ClN5OS. The molecule has 0 radical (unpaired) electrons. The van der Waals surface area contributed by atoms with E-state index in [-0.39, 0.29) is 5.56 Å². The van der Waals surface area contributed by atoms with Crippen molar-refractivity contribution in [1.29, 1.82) is 0 Å². The second kappa shape index (κ2) is 6.06. The Morgan fingerprint density at radius 2 is 2.23 bits per heavy atom. The highest BCUT2D eigenvalue weighted by Crippen LogP contribution is 2.23. The number of rotatable bonds is 3. The van der Waals surface area contributed by atoms with Crippen LogP contribution in [-0.4, -0.2) is 37.4 Å². The van der Waals surface area contributed by atoms with Gasteiger partial charge in [0.1, 0.15) is 5.15 Å². The van der Waals surface area contributed by atoms with Crippen LogP contribution in [-0.2, 0) is 26.6 Å². The van der Waals surface area contributed by atoms with E-state index in [1.807, 2.05) is 20.2 Å². The molecule has 1 aliphatic heterocycles. The monoisotopic (exact) mass is 339 g/mol. The average molecular weight is 340 g/mol. The fourth-order valence-corrected chi connectivity index (χ4v) is 3.40. The molecule has 0 saturated heterocycles. The van der Waals surface area contributed by atoms with E-state index in [9.17, 15) is 4.79 Å². The number of aromatic amines is 1. The van der Waals surface area contributed by atoms with Crippen molar-refractivity contribution in [1.82, 2.24) is 24.6 Å². The minimum Gasteiger partial charge on any atom is -0.301 e. The van der Waals surface area contributed by atoms with Crippen LogP contribution in [0.2, 0.25) is 5.15 Å². The molecule has 0 spiro atoms. The van der Waals surface area contributed by atoms with E-state index in [2.05, 4.69) is 20.0 Å². The zero-order chi connectivity index (χ0) is 15.9. The molecule has 2 aromatic rings. The SMILES string of the molecule is CSc1nc2c(c(=O)[nH]1)CN(Cc1c(C)nn(C)c1Cl)CC2. The van der Waals surface area contributed by atoms with E-state index in [4.69, 9.17) is 11.6 Å². The third-order valence-electron chi connectivity index (χ3n) is 3.97. The predicted octanol–water partition coefficient (Wildman–Crippen LogP) is 1.75. The van der Waals surface area contributed by atoms with E-state index in [0.717, 1.165) is 35.5 Å². The Bertz CT molecular complexity index is 769. The van der Waals surface area contributed by atoms with Crippen molar-refractivity contribution in [2.45, 2.75) is 31.6 Å². The molecular weight excluding hydrogens is 322 g/mol. The van der Waals surface area contributed by atoms with E-state index in [1.54, 1.807) is 4.68 Å². The van der Waals surface area contributed by atoms with E-state index >= 15 is 0 Å². The molecule has 2 aromatic heterocycles. The minimum atomic E-state index is -0.0342.